The molecule has 122 valence electrons. The molecule has 0 saturated heterocycles. The van der Waals surface area contributed by atoms with Crippen molar-refractivity contribution in [3.8, 4) is 5.75 Å². The number of carbonyl (C=O) groups excluding carboxylic acids is 1. The van der Waals surface area contributed by atoms with Crippen LogP contribution in [0.1, 0.15) is 18.1 Å². The second-order valence-corrected chi connectivity index (χ2v) is 5.09. The van der Waals surface area contributed by atoms with Gasteiger partial charge >= 0.3 is 5.97 Å². The summed E-state index contributed by atoms with van der Waals surface area (Å²) in [4.78, 5) is 11.7. The molecule has 0 fully saturated rings. The van der Waals surface area contributed by atoms with Crippen LogP contribution in [0.3, 0.4) is 0 Å². The topological polar surface area (TPSA) is 44.8 Å². The number of carbonyl (C=O) groups is 1. The van der Waals surface area contributed by atoms with E-state index in [2.05, 4.69) is 0 Å². The summed E-state index contributed by atoms with van der Waals surface area (Å²) in [5, 5.41) is 0. The van der Waals surface area contributed by atoms with Gasteiger partial charge in [-0.1, -0.05) is 42.5 Å². The molecule has 0 spiro atoms. The fourth-order valence-corrected chi connectivity index (χ4v) is 2.22. The van der Waals surface area contributed by atoms with Crippen LogP contribution >= 0.6 is 0 Å². The molecule has 0 aromatic heterocycles. The maximum absolute atomic E-state index is 11.7. The molecule has 0 aliphatic heterocycles. The maximum Gasteiger partial charge on any atom is 0.335 e. The number of esters is 1. The van der Waals surface area contributed by atoms with Gasteiger partial charge in [0.2, 0.25) is 0 Å². The van der Waals surface area contributed by atoms with Gasteiger partial charge in [0, 0.05) is 13.0 Å². The molecule has 2 rings (SSSR count). The average Bonchev–Trinajstić information content (AvgIpc) is 2.61. The number of rotatable bonds is 8. The van der Waals surface area contributed by atoms with Crippen LogP contribution in [0.4, 0.5) is 0 Å². The molecule has 0 aliphatic rings. The van der Waals surface area contributed by atoms with Gasteiger partial charge in [-0.3, -0.25) is 0 Å². The largest absolute Gasteiger partial charge is 0.489 e. The van der Waals surface area contributed by atoms with Crippen molar-refractivity contribution in [2.24, 2.45) is 0 Å². The van der Waals surface area contributed by atoms with E-state index in [-0.39, 0.29) is 5.97 Å². The van der Waals surface area contributed by atoms with Gasteiger partial charge in [0.25, 0.3) is 0 Å². The lowest BCUT2D eigenvalue weighted by molar-refractivity contribution is -0.153. The third kappa shape index (κ3) is 5.42. The van der Waals surface area contributed by atoms with Crippen molar-refractivity contribution >= 4 is 5.97 Å². The molecule has 0 amide bonds. The minimum Gasteiger partial charge on any atom is -0.489 e. The van der Waals surface area contributed by atoms with Crippen molar-refractivity contribution in [3.05, 3.63) is 65.7 Å². The summed E-state index contributed by atoms with van der Waals surface area (Å²) in [6, 6.07) is 17.7. The maximum atomic E-state index is 11.7. The van der Waals surface area contributed by atoms with E-state index in [4.69, 9.17) is 14.2 Å². The predicted octanol–water partition coefficient (Wildman–Crippen LogP) is 3.39. The Morgan fingerprint density at radius 3 is 2.30 bits per heavy atom. The first-order valence-electron chi connectivity index (χ1n) is 7.68. The molecule has 2 aromatic rings. The lowest BCUT2D eigenvalue weighted by Crippen LogP contribution is -2.28. The molecular weight excluding hydrogens is 292 g/mol. The predicted molar refractivity (Wildman–Crippen MR) is 88.4 cm³/mol. The Morgan fingerprint density at radius 2 is 1.70 bits per heavy atom. The fourth-order valence-electron chi connectivity index (χ4n) is 2.22. The highest BCUT2D eigenvalue weighted by atomic mass is 16.6. The van der Waals surface area contributed by atoms with Crippen molar-refractivity contribution in [1.29, 1.82) is 0 Å². The van der Waals surface area contributed by atoms with E-state index in [1.165, 1.54) is 7.11 Å². The number of hydrogen-bond donors (Lipinski definition) is 0. The van der Waals surface area contributed by atoms with Crippen LogP contribution in [0.15, 0.2) is 54.6 Å². The quantitative estimate of drug-likeness (QED) is 0.701. The zero-order valence-electron chi connectivity index (χ0n) is 13.5. The number of benzene rings is 2. The van der Waals surface area contributed by atoms with Gasteiger partial charge in [0.1, 0.15) is 12.4 Å². The van der Waals surface area contributed by atoms with Crippen LogP contribution in [-0.4, -0.2) is 25.8 Å². The number of methoxy groups -OCH3 is 1. The molecule has 4 heteroatoms. The smallest absolute Gasteiger partial charge is 0.335 e. The SMILES string of the molecule is CCO[C@H](Cc1ccc(OCc2ccccc2)cc1)C(=O)OC. The van der Waals surface area contributed by atoms with Gasteiger partial charge in [0.15, 0.2) is 6.10 Å². The summed E-state index contributed by atoms with van der Waals surface area (Å²) in [6.07, 6.45) is -0.0828. The van der Waals surface area contributed by atoms with Crippen LogP contribution in [0, 0.1) is 0 Å². The summed E-state index contributed by atoms with van der Waals surface area (Å²) in [6.45, 7) is 2.86. The van der Waals surface area contributed by atoms with E-state index in [1.807, 2.05) is 61.5 Å². The van der Waals surface area contributed by atoms with Crippen LogP contribution in [-0.2, 0) is 27.3 Å². The molecule has 0 radical (unpaired) electrons. The first kappa shape index (κ1) is 17.0. The minimum absolute atomic E-state index is 0.351. The highest BCUT2D eigenvalue weighted by Gasteiger charge is 2.19. The zero-order valence-corrected chi connectivity index (χ0v) is 13.5. The number of ether oxygens (including phenoxy) is 3. The van der Waals surface area contributed by atoms with Crippen LogP contribution < -0.4 is 4.74 Å². The van der Waals surface area contributed by atoms with Gasteiger partial charge in [-0.25, -0.2) is 4.79 Å². The monoisotopic (exact) mass is 314 g/mol. The minimum atomic E-state index is -0.568. The Balaban J connectivity index is 1.92. The second-order valence-electron chi connectivity index (χ2n) is 5.09. The van der Waals surface area contributed by atoms with Crippen LogP contribution in [0.2, 0.25) is 0 Å². The summed E-state index contributed by atoms with van der Waals surface area (Å²) in [5.41, 5.74) is 2.12. The van der Waals surface area contributed by atoms with Crippen LogP contribution in [0.25, 0.3) is 0 Å². The van der Waals surface area contributed by atoms with E-state index < -0.39 is 6.10 Å². The van der Waals surface area contributed by atoms with E-state index in [0.29, 0.717) is 19.6 Å². The first-order chi connectivity index (χ1) is 11.2. The molecule has 4 nitrogen and oxygen atoms in total. The zero-order chi connectivity index (χ0) is 16.5. The average molecular weight is 314 g/mol. The highest BCUT2D eigenvalue weighted by molar-refractivity contribution is 5.74. The van der Waals surface area contributed by atoms with Crippen LogP contribution in [0.5, 0.6) is 5.75 Å². The summed E-state index contributed by atoms with van der Waals surface area (Å²) >= 11 is 0. The van der Waals surface area contributed by atoms with E-state index in [9.17, 15) is 4.79 Å². The van der Waals surface area contributed by atoms with Gasteiger partial charge in [-0.2, -0.15) is 0 Å². The third-order valence-corrected chi connectivity index (χ3v) is 3.42. The standard InChI is InChI=1S/C19H22O4/c1-3-22-18(19(20)21-2)13-15-9-11-17(12-10-15)23-14-16-7-5-4-6-8-16/h4-12,18H,3,13-14H2,1-2H3/t18-/m1/s1. The summed E-state index contributed by atoms with van der Waals surface area (Å²) in [7, 11) is 1.37. The van der Waals surface area contributed by atoms with Crippen molar-refractivity contribution < 1.29 is 19.0 Å². The van der Waals surface area contributed by atoms with Gasteiger partial charge in [0.05, 0.1) is 7.11 Å². The van der Waals surface area contributed by atoms with Crippen molar-refractivity contribution in [1.82, 2.24) is 0 Å². The Kier molecular flexibility index (Phi) is 6.63. The molecule has 1 atom stereocenters. The molecule has 0 heterocycles. The Bertz CT molecular complexity index is 593. The Hall–Kier alpha value is -2.33. The van der Waals surface area contributed by atoms with Gasteiger partial charge in [-0.15, -0.1) is 0 Å². The lowest BCUT2D eigenvalue weighted by Gasteiger charge is -2.15. The molecule has 2 aromatic carbocycles. The summed E-state index contributed by atoms with van der Waals surface area (Å²) in [5.74, 6) is 0.444. The first-order valence-corrected chi connectivity index (χ1v) is 7.68. The molecule has 0 aliphatic carbocycles. The molecule has 0 unspecified atom stereocenters. The van der Waals surface area contributed by atoms with Crippen molar-refractivity contribution in [2.75, 3.05) is 13.7 Å². The lowest BCUT2D eigenvalue weighted by atomic mass is 10.1. The van der Waals surface area contributed by atoms with Crippen molar-refractivity contribution in [2.45, 2.75) is 26.1 Å². The van der Waals surface area contributed by atoms with Gasteiger partial charge < -0.3 is 14.2 Å². The van der Waals surface area contributed by atoms with E-state index >= 15 is 0 Å². The highest BCUT2D eigenvalue weighted by Crippen LogP contribution is 2.16. The molecular formula is C19H22O4. The Morgan fingerprint density at radius 1 is 1.00 bits per heavy atom. The normalized spacial score (nSPS) is 11.7. The summed E-state index contributed by atoms with van der Waals surface area (Å²) < 4.78 is 15.9. The van der Waals surface area contributed by atoms with E-state index in [0.717, 1.165) is 16.9 Å². The van der Waals surface area contributed by atoms with Gasteiger partial charge in [-0.05, 0) is 30.2 Å². The van der Waals surface area contributed by atoms with E-state index in [1.54, 1.807) is 0 Å². The molecule has 0 bridgehead atoms. The van der Waals surface area contributed by atoms with Crippen molar-refractivity contribution in [3.63, 3.8) is 0 Å². The second kappa shape index (κ2) is 8.96. The number of hydrogen-bond acceptors (Lipinski definition) is 4. The fraction of sp³-hybridized carbons (Fsp3) is 0.316. The Labute approximate surface area is 137 Å². The third-order valence-electron chi connectivity index (χ3n) is 3.42. The molecule has 0 saturated carbocycles. The molecule has 0 N–H and O–H groups in total. The molecule has 23 heavy (non-hydrogen) atoms.